The van der Waals surface area contributed by atoms with Crippen molar-refractivity contribution in [3.63, 3.8) is 0 Å². The predicted octanol–water partition coefficient (Wildman–Crippen LogP) is 2.36. The Morgan fingerprint density at radius 1 is 1.03 bits per heavy atom. The SMILES string of the molecule is Cc1cc(NS(=O)(=O)c2ccc(NC(=O)[C@H]3[C@@H](C(=O)O)[C@H]4C=C[C@H]3C4)cc2)nc(C)n1. The van der Waals surface area contributed by atoms with E-state index < -0.39 is 27.8 Å². The van der Waals surface area contributed by atoms with Crippen LogP contribution >= 0.6 is 0 Å². The van der Waals surface area contributed by atoms with Crippen molar-refractivity contribution in [1.29, 1.82) is 0 Å². The highest BCUT2D eigenvalue weighted by atomic mass is 32.2. The lowest BCUT2D eigenvalue weighted by molar-refractivity contribution is -0.146. The van der Waals surface area contributed by atoms with E-state index >= 15 is 0 Å². The summed E-state index contributed by atoms with van der Waals surface area (Å²) in [5.74, 6) is -2.30. The van der Waals surface area contributed by atoms with E-state index in [1.807, 2.05) is 12.2 Å². The number of rotatable bonds is 6. The van der Waals surface area contributed by atoms with Gasteiger partial charge >= 0.3 is 5.97 Å². The van der Waals surface area contributed by atoms with Gasteiger partial charge in [0.25, 0.3) is 10.0 Å². The summed E-state index contributed by atoms with van der Waals surface area (Å²) in [6.45, 7) is 3.41. The summed E-state index contributed by atoms with van der Waals surface area (Å²) in [6, 6.07) is 7.22. The molecule has 1 fully saturated rings. The molecule has 1 heterocycles. The summed E-state index contributed by atoms with van der Waals surface area (Å²) < 4.78 is 27.7. The monoisotopic (exact) mass is 442 g/mol. The Hall–Kier alpha value is -3.27. The molecule has 2 aliphatic rings. The topological polar surface area (TPSA) is 138 Å². The number of carboxylic acid groups (broad SMARTS) is 1. The summed E-state index contributed by atoms with van der Waals surface area (Å²) >= 11 is 0. The van der Waals surface area contributed by atoms with Crippen molar-refractivity contribution >= 4 is 33.4 Å². The Balaban J connectivity index is 1.47. The highest BCUT2D eigenvalue weighted by Gasteiger charge is 2.51. The summed E-state index contributed by atoms with van der Waals surface area (Å²) in [7, 11) is -3.87. The number of amides is 1. The number of hydrogen-bond acceptors (Lipinski definition) is 6. The zero-order valence-corrected chi connectivity index (χ0v) is 17.8. The first kappa shape index (κ1) is 21.0. The highest BCUT2D eigenvalue weighted by Crippen LogP contribution is 2.48. The van der Waals surface area contributed by atoms with Crippen LogP contribution in [0.5, 0.6) is 0 Å². The fourth-order valence-corrected chi connectivity index (χ4v) is 5.42. The molecule has 9 nitrogen and oxygen atoms in total. The minimum atomic E-state index is -3.87. The molecular formula is C21H22N4O5S. The maximum absolute atomic E-state index is 12.8. The maximum atomic E-state index is 12.8. The Morgan fingerprint density at radius 2 is 1.68 bits per heavy atom. The molecule has 0 radical (unpaired) electrons. The van der Waals surface area contributed by atoms with Crippen molar-refractivity contribution in [2.24, 2.45) is 23.7 Å². The average Bonchev–Trinajstić information content (AvgIpc) is 3.28. The molecule has 0 aliphatic heterocycles. The van der Waals surface area contributed by atoms with Gasteiger partial charge in [-0.05, 0) is 56.4 Å². The van der Waals surface area contributed by atoms with E-state index in [4.69, 9.17) is 0 Å². The van der Waals surface area contributed by atoms with Gasteiger partial charge in [0, 0.05) is 17.4 Å². The molecule has 2 aromatic rings. The van der Waals surface area contributed by atoms with Crippen molar-refractivity contribution in [3.8, 4) is 0 Å². The molecule has 1 aromatic heterocycles. The lowest BCUT2D eigenvalue weighted by atomic mass is 9.82. The number of fused-ring (bicyclic) bond motifs is 2. The summed E-state index contributed by atoms with van der Waals surface area (Å²) in [5, 5.41) is 12.2. The molecule has 2 aliphatic carbocycles. The van der Waals surface area contributed by atoms with Gasteiger partial charge in [-0.2, -0.15) is 0 Å². The second-order valence-corrected chi connectivity index (χ2v) is 9.58. The van der Waals surface area contributed by atoms with Crippen LogP contribution in [0.25, 0.3) is 0 Å². The number of carbonyl (C=O) groups excluding carboxylic acids is 1. The maximum Gasteiger partial charge on any atom is 0.307 e. The number of sulfonamides is 1. The van der Waals surface area contributed by atoms with Crippen molar-refractivity contribution in [2.75, 3.05) is 10.0 Å². The van der Waals surface area contributed by atoms with Crippen molar-refractivity contribution < 1.29 is 23.1 Å². The third-order valence-electron chi connectivity index (χ3n) is 5.68. The number of hydrogen-bond donors (Lipinski definition) is 3. The molecule has 3 N–H and O–H groups in total. The molecule has 0 unspecified atom stereocenters. The Bertz CT molecular complexity index is 1160. The number of aliphatic carboxylic acids is 1. The van der Waals surface area contributed by atoms with Crippen molar-refractivity contribution in [3.05, 3.63) is 54.0 Å². The number of nitrogens with one attached hydrogen (secondary N) is 2. The van der Waals surface area contributed by atoms with E-state index in [1.165, 1.54) is 30.3 Å². The third-order valence-corrected chi connectivity index (χ3v) is 7.05. The Morgan fingerprint density at radius 3 is 2.29 bits per heavy atom. The fraction of sp³-hybridized carbons (Fsp3) is 0.333. The normalized spacial score (nSPS) is 24.2. The van der Waals surface area contributed by atoms with Crippen LogP contribution in [0.1, 0.15) is 17.9 Å². The van der Waals surface area contributed by atoms with E-state index in [2.05, 4.69) is 20.0 Å². The Kier molecular flexibility index (Phi) is 5.26. The molecular weight excluding hydrogens is 420 g/mol. The van der Waals surface area contributed by atoms with Gasteiger partial charge in [-0.1, -0.05) is 12.2 Å². The van der Waals surface area contributed by atoms with E-state index in [9.17, 15) is 23.1 Å². The number of carbonyl (C=O) groups is 2. The first-order chi connectivity index (χ1) is 14.6. The fourth-order valence-electron chi connectivity index (χ4n) is 4.43. The largest absolute Gasteiger partial charge is 0.481 e. The van der Waals surface area contributed by atoms with Crippen molar-refractivity contribution in [2.45, 2.75) is 25.2 Å². The van der Waals surface area contributed by atoms with E-state index in [-0.39, 0.29) is 28.5 Å². The van der Waals surface area contributed by atoms with Crippen LogP contribution in [-0.4, -0.2) is 35.4 Å². The predicted molar refractivity (Wildman–Crippen MR) is 113 cm³/mol. The van der Waals surface area contributed by atoms with Crippen LogP contribution in [0.3, 0.4) is 0 Å². The molecule has 2 bridgehead atoms. The van der Waals surface area contributed by atoms with E-state index in [0.717, 1.165) is 0 Å². The number of nitrogens with zero attached hydrogens (tertiary/aromatic N) is 2. The van der Waals surface area contributed by atoms with E-state index in [1.54, 1.807) is 13.8 Å². The number of aromatic nitrogens is 2. The second kappa shape index (κ2) is 7.77. The summed E-state index contributed by atoms with van der Waals surface area (Å²) in [5.41, 5.74) is 1.03. The molecule has 4 rings (SSSR count). The molecule has 31 heavy (non-hydrogen) atoms. The van der Waals surface area contributed by atoms with Crippen LogP contribution in [0.2, 0.25) is 0 Å². The Labute approximate surface area is 179 Å². The molecule has 10 heteroatoms. The van der Waals surface area contributed by atoms with Gasteiger partial charge in [-0.3, -0.25) is 14.3 Å². The second-order valence-electron chi connectivity index (χ2n) is 7.90. The van der Waals surface area contributed by atoms with Crippen LogP contribution in [0.15, 0.2) is 47.4 Å². The number of allylic oxidation sites excluding steroid dienone is 2. The third kappa shape index (κ3) is 4.15. The van der Waals surface area contributed by atoms with Crippen LogP contribution in [0, 0.1) is 37.5 Å². The summed E-state index contributed by atoms with van der Waals surface area (Å²) in [6.07, 6.45) is 4.45. The molecule has 162 valence electrons. The highest BCUT2D eigenvalue weighted by molar-refractivity contribution is 7.92. The van der Waals surface area contributed by atoms with Gasteiger partial charge in [0.2, 0.25) is 5.91 Å². The minimum absolute atomic E-state index is 0.00527. The van der Waals surface area contributed by atoms with Crippen LogP contribution in [0.4, 0.5) is 11.5 Å². The van der Waals surface area contributed by atoms with Gasteiger partial charge in [-0.15, -0.1) is 0 Å². The number of anilines is 2. The van der Waals surface area contributed by atoms with Gasteiger partial charge in [0.05, 0.1) is 16.7 Å². The van der Waals surface area contributed by atoms with Crippen LogP contribution in [-0.2, 0) is 19.6 Å². The quantitative estimate of drug-likeness (QED) is 0.584. The number of benzene rings is 1. The molecule has 1 saturated carbocycles. The smallest absolute Gasteiger partial charge is 0.307 e. The molecule has 0 saturated heterocycles. The first-order valence-electron chi connectivity index (χ1n) is 9.81. The zero-order chi connectivity index (χ0) is 22.3. The lowest BCUT2D eigenvalue weighted by Gasteiger charge is -2.23. The average molecular weight is 442 g/mol. The minimum Gasteiger partial charge on any atom is -0.481 e. The van der Waals surface area contributed by atoms with Gasteiger partial charge in [-0.25, -0.2) is 18.4 Å². The standard InChI is InChI=1S/C21H22N4O5S/c1-11-9-17(23-12(2)22-11)25-31(29,30)16-7-5-15(6-8-16)24-20(26)18-13-3-4-14(10-13)19(18)21(27)28/h3-9,13-14,18-19H,10H2,1-2H3,(H,24,26)(H,27,28)(H,22,23,25)/t13-,14-,18+,19-/m0/s1. The van der Waals surface area contributed by atoms with Gasteiger partial charge in [0.15, 0.2) is 0 Å². The molecule has 1 amide bonds. The van der Waals surface area contributed by atoms with Crippen molar-refractivity contribution in [1.82, 2.24) is 9.97 Å². The molecule has 0 spiro atoms. The van der Waals surface area contributed by atoms with Gasteiger partial charge < -0.3 is 10.4 Å². The van der Waals surface area contributed by atoms with Crippen LogP contribution < -0.4 is 10.0 Å². The first-order valence-corrected chi connectivity index (χ1v) is 11.3. The molecule has 1 aromatic carbocycles. The summed E-state index contributed by atoms with van der Waals surface area (Å²) in [4.78, 5) is 32.6. The lowest BCUT2D eigenvalue weighted by Crippen LogP contribution is -2.36. The zero-order valence-electron chi connectivity index (χ0n) is 16.9. The van der Waals surface area contributed by atoms with Gasteiger partial charge in [0.1, 0.15) is 11.6 Å². The number of aryl methyl sites for hydroxylation is 2. The number of carboxylic acids is 1. The molecule has 4 atom stereocenters. The van der Waals surface area contributed by atoms with E-state index in [0.29, 0.717) is 23.6 Å².